The Bertz CT molecular complexity index is 679. The second-order valence-electron chi connectivity index (χ2n) is 5.93. The third kappa shape index (κ3) is 4.76. The Morgan fingerprint density at radius 1 is 1.40 bits per heavy atom. The third-order valence-electron chi connectivity index (χ3n) is 4.05. The maximum absolute atomic E-state index is 9.64. The summed E-state index contributed by atoms with van der Waals surface area (Å²) in [6.45, 7) is 5.07. The topological polar surface area (TPSA) is 99.7 Å². The summed E-state index contributed by atoms with van der Waals surface area (Å²) in [7, 11) is 0. The quantitative estimate of drug-likeness (QED) is 0.619. The van der Waals surface area contributed by atoms with Gasteiger partial charge >= 0.3 is 0 Å². The Morgan fingerprint density at radius 3 is 2.96 bits per heavy atom. The molecule has 1 aliphatic rings. The molecule has 2 aromatic rings. The molecule has 2 N–H and O–H groups in total. The van der Waals surface area contributed by atoms with Crippen LogP contribution in [-0.4, -0.2) is 63.4 Å². The second kappa shape index (κ2) is 8.57. The average molecular weight is 344 g/mol. The average Bonchev–Trinajstić information content (AvgIpc) is 3.11. The number of nitrogens with one attached hydrogen (secondary N) is 1. The Hall–Kier alpha value is -2.48. The summed E-state index contributed by atoms with van der Waals surface area (Å²) in [4.78, 5) is 15.4. The minimum Gasteiger partial charge on any atom is -0.393 e. The van der Waals surface area contributed by atoms with Gasteiger partial charge in [-0.1, -0.05) is 11.2 Å². The van der Waals surface area contributed by atoms with Gasteiger partial charge in [-0.15, -0.1) is 0 Å². The van der Waals surface area contributed by atoms with E-state index in [9.17, 15) is 5.11 Å². The van der Waals surface area contributed by atoms with Crippen LogP contribution >= 0.6 is 0 Å². The molecule has 3 heterocycles. The van der Waals surface area contributed by atoms with Crippen LogP contribution in [0.25, 0.3) is 11.6 Å². The molecule has 1 aliphatic heterocycles. The SMILES string of the molecule is CCNC(=NCCc1noc(-c2ccccn2)n1)N1CCC(O)CC1. The van der Waals surface area contributed by atoms with Crippen molar-refractivity contribution in [2.24, 2.45) is 4.99 Å². The number of likely N-dealkylation sites (tertiary alicyclic amines) is 1. The van der Waals surface area contributed by atoms with Gasteiger partial charge in [-0.3, -0.25) is 9.98 Å². The maximum Gasteiger partial charge on any atom is 0.276 e. The lowest BCUT2D eigenvalue weighted by Gasteiger charge is -2.32. The summed E-state index contributed by atoms with van der Waals surface area (Å²) >= 11 is 0. The maximum atomic E-state index is 9.64. The number of aliphatic imine (C=N–C) groups is 1. The largest absolute Gasteiger partial charge is 0.393 e. The Kier molecular flexibility index (Phi) is 5.95. The lowest BCUT2D eigenvalue weighted by atomic mass is 10.1. The van der Waals surface area contributed by atoms with Crippen molar-refractivity contribution < 1.29 is 9.63 Å². The molecule has 0 aromatic carbocycles. The van der Waals surface area contributed by atoms with Crippen molar-refractivity contribution in [2.45, 2.75) is 32.3 Å². The third-order valence-corrected chi connectivity index (χ3v) is 4.05. The van der Waals surface area contributed by atoms with Crippen LogP contribution in [0.15, 0.2) is 33.9 Å². The monoisotopic (exact) mass is 344 g/mol. The van der Waals surface area contributed by atoms with Gasteiger partial charge in [0, 0.05) is 38.8 Å². The summed E-state index contributed by atoms with van der Waals surface area (Å²) in [6, 6.07) is 5.57. The highest BCUT2D eigenvalue weighted by molar-refractivity contribution is 5.80. The number of guanidine groups is 1. The number of nitrogens with zero attached hydrogens (tertiary/aromatic N) is 5. The molecular weight excluding hydrogens is 320 g/mol. The second-order valence-corrected chi connectivity index (χ2v) is 5.93. The number of hydrogen-bond acceptors (Lipinski definition) is 6. The molecule has 0 saturated carbocycles. The van der Waals surface area contributed by atoms with Gasteiger partial charge in [0.25, 0.3) is 5.89 Å². The van der Waals surface area contributed by atoms with Crippen molar-refractivity contribution >= 4 is 5.96 Å². The van der Waals surface area contributed by atoms with E-state index in [0.717, 1.165) is 38.4 Å². The predicted molar refractivity (Wildman–Crippen MR) is 94.0 cm³/mol. The molecule has 0 unspecified atom stereocenters. The van der Waals surface area contributed by atoms with Gasteiger partial charge < -0.3 is 19.8 Å². The first-order valence-electron chi connectivity index (χ1n) is 8.71. The van der Waals surface area contributed by atoms with Crippen LogP contribution < -0.4 is 5.32 Å². The van der Waals surface area contributed by atoms with Crippen LogP contribution in [0.5, 0.6) is 0 Å². The van der Waals surface area contributed by atoms with Crippen molar-refractivity contribution in [3.05, 3.63) is 30.2 Å². The van der Waals surface area contributed by atoms with Crippen molar-refractivity contribution in [2.75, 3.05) is 26.2 Å². The van der Waals surface area contributed by atoms with Crippen LogP contribution in [0.3, 0.4) is 0 Å². The number of aliphatic hydroxyl groups excluding tert-OH is 1. The van der Waals surface area contributed by atoms with Crippen LogP contribution in [0, 0.1) is 0 Å². The highest BCUT2D eigenvalue weighted by Crippen LogP contribution is 2.13. The van der Waals surface area contributed by atoms with Gasteiger partial charge in [0.2, 0.25) is 0 Å². The van der Waals surface area contributed by atoms with Crippen molar-refractivity contribution in [3.63, 3.8) is 0 Å². The zero-order chi connectivity index (χ0) is 17.5. The van der Waals surface area contributed by atoms with Gasteiger partial charge in [0.1, 0.15) is 5.69 Å². The molecule has 25 heavy (non-hydrogen) atoms. The van der Waals surface area contributed by atoms with Crippen LogP contribution in [-0.2, 0) is 6.42 Å². The molecule has 8 heteroatoms. The zero-order valence-electron chi connectivity index (χ0n) is 14.4. The highest BCUT2D eigenvalue weighted by atomic mass is 16.5. The van der Waals surface area contributed by atoms with E-state index >= 15 is 0 Å². The number of pyridine rings is 1. The van der Waals surface area contributed by atoms with Gasteiger partial charge in [-0.25, -0.2) is 0 Å². The molecule has 0 atom stereocenters. The summed E-state index contributed by atoms with van der Waals surface area (Å²) < 4.78 is 5.26. The minimum absolute atomic E-state index is 0.191. The molecule has 0 bridgehead atoms. The molecule has 0 amide bonds. The normalized spacial score (nSPS) is 16.2. The number of aromatic nitrogens is 3. The van der Waals surface area contributed by atoms with E-state index in [2.05, 4.69) is 30.3 Å². The van der Waals surface area contributed by atoms with E-state index in [-0.39, 0.29) is 6.10 Å². The predicted octanol–water partition coefficient (Wildman–Crippen LogP) is 1.10. The number of rotatable bonds is 5. The smallest absolute Gasteiger partial charge is 0.276 e. The lowest BCUT2D eigenvalue weighted by molar-refractivity contribution is 0.108. The Labute approximate surface area is 147 Å². The molecule has 2 aromatic heterocycles. The zero-order valence-corrected chi connectivity index (χ0v) is 14.4. The van der Waals surface area contributed by atoms with Gasteiger partial charge in [0.05, 0.1) is 6.10 Å². The Morgan fingerprint density at radius 2 is 2.24 bits per heavy atom. The van der Waals surface area contributed by atoms with Crippen LogP contribution in [0.2, 0.25) is 0 Å². The fourth-order valence-electron chi connectivity index (χ4n) is 2.71. The lowest BCUT2D eigenvalue weighted by Crippen LogP contribution is -2.46. The van der Waals surface area contributed by atoms with E-state index < -0.39 is 0 Å². The molecule has 0 spiro atoms. The summed E-state index contributed by atoms with van der Waals surface area (Å²) in [6.07, 6.45) is 3.66. The van der Waals surface area contributed by atoms with Crippen LogP contribution in [0.4, 0.5) is 0 Å². The first-order chi connectivity index (χ1) is 12.3. The minimum atomic E-state index is -0.191. The molecule has 134 valence electrons. The standard InChI is InChI=1S/C17H24N6O2/c1-2-18-17(23-11-7-13(24)8-12-23)20-10-6-15-21-16(25-22-15)14-5-3-4-9-19-14/h3-5,9,13,24H,2,6-8,10-12H2,1H3,(H,18,20). The summed E-state index contributed by atoms with van der Waals surface area (Å²) in [5, 5.41) is 16.9. The fraction of sp³-hybridized carbons (Fsp3) is 0.529. The van der Waals surface area contributed by atoms with Gasteiger partial charge in [-0.2, -0.15) is 4.98 Å². The van der Waals surface area contributed by atoms with Crippen molar-refractivity contribution in [1.29, 1.82) is 0 Å². The molecule has 1 fully saturated rings. The van der Waals surface area contributed by atoms with Crippen molar-refractivity contribution in [3.8, 4) is 11.6 Å². The van der Waals surface area contributed by atoms with E-state index in [1.54, 1.807) is 6.20 Å². The first-order valence-corrected chi connectivity index (χ1v) is 8.71. The number of aliphatic hydroxyl groups is 1. The first kappa shape index (κ1) is 17.3. The van der Waals surface area contributed by atoms with E-state index in [4.69, 9.17) is 4.52 Å². The van der Waals surface area contributed by atoms with Crippen LogP contribution in [0.1, 0.15) is 25.6 Å². The fourth-order valence-corrected chi connectivity index (χ4v) is 2.71. The molecular formula is C17H24N6O2. The van der Waals surface area contributed by atoms with Gasteiger partial charge in [-0.05, 0) is 31.9 Å². The number of hydrogen-bond donors (Lipinski definition) is 2. The molecule has 3 rings (SSSR count). The van der Waals surface area contributed by atoms with Gasteiger partial charge in [0.15, 0.2) is 11.8 Å². The number of piperidine rings is 1. The van der Waals surface area contributed by atoms with E-state index in [0.29, 0.717) is 30.4 Å². The van der Waals surface area contributed by atoms with E-state index in [1.807, 2.05) is 25.1 Å². The summed E-state index contributed by atoms with van der Waals surface area (Å²) in [5.41, 5.74) is 0.671. The molecule has 1 saturated heterocycles. The highest BCUT2D eigenvalue weighted by Gasteiger charge is 2.19. The molecule has 8 nitrogen and oxygen atoms in total. The summed E-state index contributed by atoms with van der Waals surface area (Å²) in [5.74, 6) is 1.92. The van der Waals surface area contributed by atoms with E-state index in [1.165, 1.54) is 0 Å². The molecule has 0 radical (unpaired) electrons. The molecule has 0 aliphatic carbocycles. The Balaban J connectivity index is 1.58. The van der Waals surface area contributed by atoms with Crippen molar-refractivity contribution in [1.82, 2.24) is 25.3 Å².